The number of aliphatic hydroxyl groups is 3. The minimum Gasteiger partial charge on any atom is -0.479 e. The Morgan fingerprint density at radius 3 is 1.76 bits per heavy atom. The highest BCUT2D eigenvalue weighted by molar-refractivity contribution is 6.21. The lowest BCUT2D eigenvalue weighted by molar-refractivity contribution is -0.179. The van der Waals surface area contributed by atoms with Gasteiger partial charge in [0.1, 0.15) is 0 Å². The SMILES string of the molecule is O=C(O)C(C(=O)O)(C(=O)O)N1CCNCCNCCN(C(CO)C(O)CO)CC1. The van der Waals surface area contributed by atoms with Gasteiger partial charge in [0.25, 0.3) is 0 Å². The van der Waals surface area contributed by atoms with E-state index in [1.54, 1.807) is 4.90 Å². The smallest absolute Gasteiger partial charge is 0.347 e. The Morgan fingerprint density at radius 2 is 1.31 bits per heavy atom. The minimum absolute atomic E-state index is 0.0421. The minimum atomic E-state index is -3.18. The van der Waals surface area contributed by atoms with Gasteiger partial charge in [-0.15, -0.1) is 0 Å². The second-order valence-electron chi connectivity index (χ2n) is 6.65. The maximum absolute atomic E-state index is 11.7. The third kappa shape index (κ3) is 6.05. The van der Waals surface area contributed by atoms with Crippen LogP contribution in [-0.4, -0.2) is 142 Å². The van der Waals surface area contributed by atoms with Crippen molar-refractivity contribution in [3.63, 3.8) is 0 Å². The van der Waals surface area contributed by atoms with Crippen LogP contribution in [0.25, 0.3) is 0 Å². The first-order chi connectivity index (χ1) is 13.7. The number of nitrogens with one attached hydrogen (secondary N) is 2. The van der Waals surface area contributed by atoms with Gasteiger partial charge in [-0.05, 0) is 0 Å². The molecule has 1 fully saturated rings. The Bertz CT molecular complexity index is 526. The van der Waals surface area contributed by atoms with E-state index in [1.165, 1.54) is 0 Å². The van der Waals surface area contributed by atoms with Crippen LogP contribution in [-0.2, 0) is 14.4 Å². The molecule has 13 nitrogen and oxygen atoms in total. The first-order valence-electron chi connectivity index (χ1n) is 9.23. The van der Waals surface area contributed by atoms with Crippen molar-refractivity contribution < 1.29 is 45.0 Å². The number of carbonyl (C=O) groups is 3. The molecule has 2 unspecified atom stereocenters. The van der Waals surface area contributed by atoms with E-state index in [-0.39, 0.29) is 32.7 Å². The van der Waals surface area contributed by atoms with Crippen LogP contribution in [0.4, 0.5) is 0 Å². The van der Waals surface area contributed by atoms with E-state index >= 15 is 0 Å². The molecule has 168 valence electrons. The van der Waals surface area contributed by atoms with Crippen LogP contribution >= 0.6 is 0 Å². The number of hydrogen-bond donors (Lipinski definition) is 8. The van der Waals surface area contributed by atoms with Gasteiger partial charge in [0, 0.05) is 52.4 Å². The Morgan fingerprint density at radius 1 is 0.793 bits per heavy atom. The summed E-state index contributed by atoms with van der Waals surface area (Å²) in [6, 6.07) is -0.890. The monoisotopic (exact) mass is 422 g/mol. The van der Waals surface area contributed by atoms with Gasteiger partial charge in [-0.1, -0.05) is 0 Å². The van der Waals surface area contributed by atoms with Crippen LogP contribution < -0.4 is 10.6 Å². The molecule has 0 bridgehead atoms. The lowest BCUT2D eigenvalue weighted by Gasteiger charge is -2.38. The van der Waals surface area contributed by atoms with Crippen molar-refractivity contribution >= 4 is 17.9 Å². The number of rotatable bonds is 8. The molecular weight excluding hydrogens is 392 g/mol. The lowest BCUT2D eigenvalue weighted by atomic mass is 9.97. The molecule has 0 saturated carbocycles. The first-order valence-corrected chi connectivity index (χ1v) is 9.23. The summed E-state index contributed by atoms with van der Waals surface area (Å²) in [5, 5.41) is 63.4. The number of nitrogens with zero attached hydrogens (tertiary/aromatic N) is 2. The third-order valence-electron chi connectivity index (χ3n) is 4.96. The van der Waals surface area contributed by atoms with Gasteiger partial charge in [0.05, 0.1) is 25.4 Å². The predicted molar refractivity (Wildman–Crippen MR) is 98.5 cm³/mol. The Hall–Kier alpha value is -1.87. The quantitative estimate of drug-likeness (QED) is 0.174. The second kappa shape index (κ2) is 12.0. The largest absolute Gasteiger partial charge is 0.479 e. The fraction of sp³-hybridized carbons (Fsp3) is 0.812. The summed E-state index contributed by atoms with van der Waals surface area (Å²) in [7, 11) is 0. The maximum Gasteiger partial charge on any atom is 0.347 e. The molecular formula is C16H30N4O9. The summed E-state index contributed by atoms with van der Waals surface area (Å²) >= 11 is 0. The van der Waals surface area contributed by atoms with Crippen molar-refractivity contribution in [2.45, 2.75) is 17.7 Å². The molecule has 2 atom stereocenters. The summed E-state index contributed by atoms with van der Waals surface area (Å²) in [5.74, 6) is -6.06. The summed E-state index contributed by atoms with van der Waals surface area (Å²) in [6.07, 6.45) is -1.29. The Balaban J connectivity index is 3.22. The van der Waals surface area contributed by atoms with Crippen molar-refractivity contribution in [3.8, 4) is 0 Å². The summed E-state index contributed by atoms with van der Waals surface area (Å²) in [4.78, 5) is 37.6. The van der Waals surface area contributed by atoms with Crippen LogP contribution in [0, 0.1) is 0 Å². The zero-order chi connectivity index (χ0) is 22.0. The van der Waals surface area contributed by atoms with Crippen molar-refractivity contribution in [3.05, 3.63) is 0 Å². The Labute approximate surface area is 167 Å². The average molecular weight is 422 g/mol. The standard InChI is InChI=1S/C16H30N4O9/c21-9-11(12(23)10-22)19-5-3-17-1-2-18-4-6-20(8-7-19)16(13(24)25,14(26)27)15(28)29/h11-12,17-18,21-23H,1-10H2,(H,24,25)(H,26,27)(H,28,29). The zero-order valence-electron chi connectivity index (χ0n) is 16.0. The fourth-order valence-electron chi connectivity index (χ4n) is 3.29. The van der Waals surface area contributed by atoms with E-state index in [0.717, 1.165) is 4.90 Å². The molecule has 1 heterocycles. The molecule has 1 rings (SSSR count). The highest BCUT2D eigenvalue weighted by Gasteiger charge is 2.59. The summed E-state index contributed by atoms with van der Waals surface area (Å²) in [5.41, 5.74) is -3.18. The number of aliphatic hydroxyl groups excluding tert-OH is 3. The molecule has 0 aliphatic carbocycles. The molecule has 1 aliphatic heterocycles. The van der Waals surface area contributed by atoms with E-state index < -0.39 is 48.8 Å². The van der Waals surface area contributed by atoms with Gasteiger partial charge in [0.15, 0.2) is 0 Å². The van der Waals surface area contributed by atoms with Gasteiger partial charge in [-0.2, -0.15) is 0 Å². The molecule has 0 aromatic heterocycles. The zero-order valence-corrected chi connectivity index (χ0v) is 16.0. The van der Waals surface area contributed by atoms with Gasteiger partial charge >= 0.3 is 23.4 Å². The highest BCUT2D eigenvalue weighted by atomic mass is 16.4. The van der Waals surface area contributed by atoms with Gasteiger partial charge in [-0.3, -0.25) is 9.80 Å². The number of aliphatic carboxylic acids is 3. The van der Waals surface area contributed by atoms with Crippen LogP contribution in [0.1, 0.15) is 0 Å². The third-order valence-corrected chi connectivity index (χ3v) is 4.96. The first kappa shape index (κ1) is 25.2. The van der Waals surface area contributed by atoms with Gasteiger partial charge < -0.3 is 41.3 Å². The number of carboxylic acid groups (broad SMARTS) is 3. The van der Waals surface area contributed by atoms with Crippen LogP contribution in [0.15, 0.2) is 0 Å². The average Bonchev–Trinajstić information content (AvgIpc) is 2.64. The molecule has 8 N–H and O–H groups in total. The summed E-state index contributed by atoms with van der Waals surface area (Å²) < 4.78 is 0. The molecule has 1 saturated heterocycles. The predicted octanol–water partition coefficient (Wildman–Crippen LogP) is -4.51. The molecule has 1 aliphatic rings. The van der Waals surface area contributed by atoms with Crippen molar-refractivity contribution in [1.29, 1.82) is 0 Å². The van der Waals surface area contributed by atoms with Gasteiger partial charge in [-0.25, -0.2) is 14.4 Å². The lowest BCUT2D eigenvalue weighted by Crippen LogP contribution is -2.67. The molecule has 13 heteroatoms. The molecule has 0 aromatic carbocycles. The van der Waals surface area contributed by atoms with E-state index in [4.69, 9.17) is 0 Å². The Kier molecular flexibility index (Phi) is 10.4. The summed E-state index contributed by atoms with van der Waals surface area (Å²) in [6.45, 7) is 0.288. The maximum atomic E-state index is 11.7. The molecule has 0 amide bonds. The normalized spacial score (nSPS) is 20.8. The van der Waals surface area contributed by atoms with Crippen LogP contribution in [0.3, 0.4) is 0 Å². The van der Waals surface area contributed by atoms with E-state index in [2.05, 4.69) is 10.6 Å². The van der Waals surface area contributed by atoms with E-state index in [9.17, 15) is 45.0 Å². The van der Waals surface area contributed by atoms with Crippen molar-refractivity contribution in [1.82, 2.24) is 20.4 Å². The molecule has 0 spiro atoms. The number of carboxylic acids is 3. The van der Waals surface area contributed by atoms with Crippen molar-refractivity contribution in [2.24, 2.45) is 0 Å². The van der Waals surface area contributed by atoms with Gasteiger partial charge in [0.2, 0.25) is 0 Å². The van der Waals surface area contributed by atoms with Crippen LogP contribution in [0.2, 0.25) is 0 Å². The number of hydrogen-bond acceptors (Lipinski definition) is 10. The molecule has 29 heavy (non-hydrogen) atoms. The van der Waals surface area contributed by atoms with Crippen LogP contribution in [0.5, 0.6) is 0 Å². The van der Waals surface area contributed by atoms with E-state index in [0.29, 0.717) is 19.6 Å². The van der Waals surface area contributed by atoms with E-state index in [1.807, 2.05) is 0 Å². The molecule has 0 aromatic rings. The topological polar surface area (TPSA) is 203 Å². The highest BCUT2D eigenvalue weighted by Crippen LogP contribution is 2.18. The van der Waals surface area contributed by atoms with Crippen molar-refractivity contribution in [2.75, 3.05) is 65.6 Å². The fourth-order valence-corrected chi connectivity index (χ4v) is 3.29. The molecule has 0 radical (unpaired) electrons. The second-order valence-corrected chi connectivity index (χ2v) is 6.65.